The Morgan fingerprint density at radius 2 is 2.38 bits per heavy atom. The third-order valence-electron chi connectivity index (χ3n) is 0.651. The molecule has 0 aliphatic heterocycles. The molecule has 0 fully saturated rings. The normalized spacial score (nSPS) is 11.5. The minimum absolute atomic E-state index is 0.366. The average Bonchev–Trinajstić information content (AvgIpc) is 1.83. The van der Waals surface area contributed by atoms with E-state index in [1.54, 1.807) is 14.0 Å². The topological polar surface area (TPSA) is 34.0 Å². The summed E-state index contributed by atoms with van der Waals surface area (Å²) in [7, 11) is 1.58. The summed E-state index contributed by atoms with van der Waals surface area (Å²) in [6.45, 7) is 5.41. The van der Waals surface area contributed by atoms with Gasteiger partial charge in [0.15, 0.2) is 0 Å². The number of nitrogens with zero attached hydrogens (tertiary/aromatic N) is 2. The molecule has 0 rings (SSSR count). The van der Waals surface area contributed by atoms with E-state index in [1.165, 1.54) is 0 Å². The van der Waals surface area contributed by atoms with Gasteiger partial charge in [-0.2, -0.15) is 0 Å². The predicted molar refractivity (Wildman–Crippen MR) is 34.5 cm³/mol. The molecule has 0 radical (unpaired) electrons. The van der Waals surface area contributed by atoms with Crippen LogP contribution in [0.15, 0.2) is 9.98 Å². The molecule has 0 spiro atoms. The van der Waals surface area contributed by atoms with Gasteiger partial charge in [0.25, 0.3) is 0 Å². The van der Waals surface area contributed by atoms with Crippen LogP contribution < -0.4 is 0 Å². The highest BCUT2D eigenvalue weighted by atomic mass is 16.5. The molecule has 0 unspecified atom stereocenters. The maximum atomic E-state index is 4.64. The summed E-state index contributed by atoms with van der Waals surface area (Å²) in [6.07, 6.45) is 0. The molecule has 0 bridgehead atoms. The summed E-state index contributed by atoms with van der Waals surface area (Å²) in [4.78, 5) is 7.37. The fraction of sp³-hybridized carbons (Fsp3) is 0.600. The van der Waals surface area contributed by atoms with Crippen LogP contribution in [0.3, 0.4) is 0 Å². The maximum absolute atomic E-state index is 4.64. The van der Waals surface area contributed by atoms with Crippen molar-refractivity contribution in [3.63, 3.8) is 0 Å². The molecule has 0 atom stereocenters. The van der Waals surface area contributed by atoms with Crippen LogP contribution in [0.1, 0.15) is 6.92 Å². The zero-order chi connectivity index (χ0) is 6.41. The molecule has 0 saturated carbocycles. The minimum atomic E-state index is 0.366. The Kier molecular flexibility index (Phi) is 4.07. The van der Waals surface area contributed by atoms with E-state index < -0.39 is 0 Å². The summed E-state index contributed by atoms with van der Waals surface area (Å²) in [5.41, 5.74) is 0. The van der Waals surface area contributed by atoms with Crippen LogP contribution in [0.4, 0.5) is 0 Å². The SMILES string of the molecule is C=N/C(C)=N\COC. The summed E-state index contributed by atoms with van der Waals surface area (Å²) >= 11 is 0. The molecule has 0 aromatic heterocycles. The minimum Gasteiger partial charge on any atom is -0.362 e. The molecule has 8 heavy (non-hydrogen) atoms. The van der Waals surface area contributed by atoms with Gasteiger partial charge in [-0.1, -0.05) is 0 Å². The molecular formula is C5H10N2O. The standard InChI is InChI=1S/C5H10N2O/c1-5(6-2)7-4-8-3/h2,4H2,1,3H3/b7-5-. The highest BCUT2D eigenvalue weighted by Gasteiger charge is 1.77. The summed E-state index contributed by atoms with van der Waals surface area (Å²) in [5, 5.41) is 0. The van der Waals surface area contributed by atoms with E-state index >= 15 is 0 Å². The zero-order valence-electron chi connectivity index (χ0n) is 5.22. The van der Waals surface area contributed by atoms with Crippen molar-refractivity contribution in [2.75, 3.05) is 13.8 Å². The second kappa shape index (κ2) is 4.46. The first-order valence-corrected chi connectivity index (χ1v) is 2.28. The lowest BCUT2D eigenvalue weighted by Crippen LogP contribution is -1.89. The number of aliphatic imine (C=N–C) groups is 2. The van der Waals surface area contributed by atoms with E-state index in [-0.39, 0.29) is 0 Å². The molecule has 46 valence electrons. The molecule has 0 aliphatic rings. The highest BCUT2D eigenvalue weighted by Crippen LogP contribution is 1.76. The van der Waals surface area contributed by atoms with E-state index in [9.17, 15) is 0 Å². The summed E-state index contributed by atoms with van der Waals surface area (Å²) in [6, 6.07) is 0. The van der Waals surface area contributed by atoms with Gasteiger partial charge in [-0.25, -0.2) is 9.98 Å². The maximum Gasteiger partial charge on any atom is 0.139 e. The quantitative estimate of drug-likeness (QED) is 0.384. The average molecular weight is 114 g/mol. The van der Waals surface area contributed by atoms with Crippen LogP contribution in [-0.4, -0.2) is 26.4 Å². The van der Waals surface area contributed by atoms with Crippen molar-refractivity contribution in [3.05, 3.63) is 0 Å². The van der Waals surface area contributed by atoms with Crippen molar-refractivity contribution < 1.29 is 4.74 Å². The Labute approximate surface area is 49.1 Å². The molecule has 0 aliphatic carbocycles. The van der Waals surface area contributed by atoms with Gasteiger partial charge in [0, 0.05) is 7.11 Å². The number of ether oxygens (including phenoxy) is 1. The molecule has 0 amide bonds. The Bertz CT molecular complexity index is 98.6. The predicted octanol–water partition coefficient (Wildman–Crippen LogP) is 0.709. The molecule has 0 saturated heterocycles. The first-order chi connectivity index (χ1) is 3.81. The number of amidine groups is 1. The fourth-order valence-corrected chi connectivity index (χ4v) is 0.208. The van der Waals surface area contributed by atoms with Gasteiger partial charge in [0.05, 0.1) is 0 Å². The van der Waals surface area contributed by atoms with Gasteiger partial charge in [-0.15, -0.1) is 0 Å². The highest BCUT2D eigenvalue weighted by molar-refractivity contribution is 5.83. The number of hydrogen-bond donors (Lipinski definition) is 0. The van der Waals surface area contributed by atoms with Gasteiger partial charge >= 0.3 is 0 Å². The molecule has 3 heteroatoms. The smallest absolute Gasteiger partial charge is 0.139 e. The van der Waals surface area contributed by atoms with Crippen LogP contribution in [0, 0.1) is 0 Å². The lowest BCUT2D eigenvalue weighted by molar-refractivity contribution is 0.209. The van der Waals surface area contributed by atoms with Gasteiger partial charge in [-0.05, 0) is 13.6 Å². The van der Waals surface area contributed by atoms with Crippen molar-refractivity contribution in [1.29, 1.82) is 0 Å². The van der Waals surface area contributed by atoms with E-state index in [2.05, 4.69) is 21.4 Å². The largest absolute Gasteiger partial charge is 0.362 e. The van der Waals surface area contributed by atoms with Crippen LogP contribution in [-0.2, 0) is 4.74 Å². The summed E-state index contributed by atoms with van der Waals surface area (Å²) < 4.78 is 4.64. The van der Waals surface area contributed by atoms with Crippen molar-refractivity contribution in [3.8, 4) is 0 Å². The summed E-state index contributed by atoms with van der Waals surface area (Å²) in [5.74, 6) is 0.659. The fourth-order valence-electron chi connectivity index (χ4n) is 0.208. The van der Waals surface area contributed by atoms with Crippen LogP contribution in [0.25, 0.3) is 0 Å². The van der Waals surface area contributed by atoms with Crippen molar-refractivity contribution >= 4 is 12.6 Å². The lowest BCUT2D eigenvalue weighted by atomic mass is 10.7. The number of hydrogen-bond acceptors (Lipinski definition) is 2. The van der Waals surface area contributed by atoms with Crippen LogP contribution >= 0.6 is 0 Å². The number of methoxy groups -OCH3 is 1. The second-order valence-corrected chi connectivity index (χ2v) is 1.28. The van der Waals surface area contributed by atoms with Gasteiger partial charge in [-0.3, -0.25) is 0 Å². The number of rotatable bonds is 2. The van der Waals surface area contributed by atoms with Gasteiger partial charge in [0.1, 0.15) is 12.6 Å². The van der Waals surface area contributed by atoms with Gasteiger partial charge < -0.3 is 4.74 Å². The first-order valence-electron chi connectivity index (χ1n) is 2.28. The van der Waals surface area contributed by atoms with Crippen LogP contribution in [0.2, 0.25) is 0 Å². The third kappa shape index (κ3) is 3.49. The monoisotopic (exact) mass is 114 g/mol. The Hall–Kier alpha value is -0.700. The van der Waals surface area contributed by atoms with E-state index in [0.717, 1.165) is 0 Å². The van der Waals surface area contributed by atoms with E-state index in [4.69, 9.17) is 0 Å². The molecular weight excluding hydrogens is 104 g/mol. The molecule has 3 nitrogen and oxygen atoms in total. The van der Waals surface area contributed by atoms with Crippen molar-refractivity contribution in [1.82, 2.24) is 0 Å². The Morgan fingerprint density at radius 3 is 2.75 bits per heavy atom. The molecule has 0 N–H and O–H groups in total. The second-order valence-electron chi connectivity index (χ2n) is 1.28. The van der Waals surface area contributed by atoms with Crippen molar-refractivity contribution in [2.24, 2.45) is 9.98 Å². The first kappa shape index (κ1) is 7.30. The van der Waals surface area contributed by atoms with Crippen LogP contribution in [0.5, 0.6) is 0 Å². The molecule has 0 aromatic rings. The van der Waals surface area contributed by atoms with Crippen molar-refractivity contribution in [2.45, 2.75) is 6.92 Å². The molecule has 0 heterocycles. The Morgan fingerprint density at radius 1 is 1.75 bits per heavy atom. The Balaban J connectivity index is 3.40. The lowest BCUT2D eigenvalue weighted by Gasteiger charge is -1.88. The van der Waals surface area contributed by atoms with Gasteiger partial charge in [0.2, 0.25) is 0 Å². The third-order valence-corrected chi connectivity index (χ3v) is 0.651. The molecule has 0 aromatic carbocycles. The zero-order valence-corrected chi connectivity index (χ0v) is 5.22. The van der Waals surface area contributed by atoms with E-state index in [0.29, 0.717) is 12.6 Å². The van der Waals surface area contributed by atoms with E-state index in [1.807, 2.05) is 0 Å².